The van der Waals surface area contributed by atoms with Gasteiger partial charge in [0, 0.05) is 45.1 Å². The Labute approximate surface area is 281 Å². The van der Waals surface area contributed by atoms with Gasteiger partial charge in [0.2, 0.25) is 6.71 Å². The van der Waals surface area contributed by atoms with Gasteiger partial charge in [0.25, 0.3) is 0 Å². The Bertz CT molecular complexity index is 2260. The summed E-state index contributed by atoms with van der Waals surface area (Å²) in [6.07, 6.45) is 0. The molecular weight excluding hydrogens is 583 g/mol. The minimum Gasteiger partial charge on any atom is -0.457 e. The van der Waals surface area contributed by atoms with Gasteiger partial charge in [-0.1, -0.05) is 120 Å². The second kappa shape index (κ2) is 11.8. The van der Waals surface area contributed by atoms with Crippen molar-refractivity contribution >= 4 is 68.2 Å². The summed E-state index contributed by atoms with van der Waals surface area (Å²) in [6, 6.07) is 66.5. The SMILES string of the molecule is c1ccc(B2c3ccc(N(c4ccccc4)c4ccccc4)cc3-c3oc4ccc(N(c5ccccc5)c5ccccc5)cc4c32)cc1. The molecule has 9 rings (SSSR count). The first-order valence-corrected chi connectivity index (χ1v) is 16.4. The largest absolute Gasteiger partial charge is 0.457 e. The Kier molecular flexibility index (Phi) is 6.91. The number of para-hydroxylation sites is 4. The Morgan fingerprint density at radius 3 is 1.33 bits per heavy atom. The van der Waals surface area contributed by atoms with Gasteiger partial charge in [-0.3, -0.25) is 0 Å². The lowest BCUT2D eigenvalue weighted by Crippen LogP contribution is -2.48. The zero-order chi connectivity index (χ0) is 31.9. The molecule has 0 spiro atoms. The fourth-order valence-electron chi connectivity index (χ4n) is 7.21. The van der Waals surface area contributed by atoms with E-state index < -0.39 is 0 Å². The number of furan rings is 1. The number of fused-ring (bicyclic) bond motifs is 5. The molecule has 0 atom stereocenters. The lowest BCUT2D eigenvalue weighted by atomic mass is 9.38. The molecule has 1 aromatic heterocycles. The maximum Gasteiger partial charge on any atom is 0.248 e. The van der Waals surface area contributed by atoms with Crippen molar-refractivity contribution in [1.82, 2.24) is 0 Å². The molecule has 0 saturated carbocycles. The molecule has 3 nitrogen and oxygen atoms in total. The Morgan fingerprint density at radius 2 is 0.833 bits per heavy atom. The number of hydrogen-bond donors (Lipinski definition) is 0. The fourth-order valence-corrected chi connectivity index (χ4v) is 7.21. The van der Waals surface area contributed by atoms with E-state index in [0.29, 0.717) is 0 Å². The minimum absolute atomic E-state index is 0.0468. The number of anilines is 6. The van der Waals surface area contributed by atoms with Gasteiger partial charge in [-0.25, -0.2) is 0 Å². The molecule has 4 heteroatoms. The van der Waals surface area contributed by atoms with E-state index in [9.17, 15) is 0 Å². The summed E-state index contributed by atoms with van der Waals surface area (Å²) in [6.45, 7) is 0.0468. The number of benzene rings is 7. The molecule has 7 aromatic carbocycles. The summed E-state index contributed by atoms with van der Waals surface area (Å²) < 4.78 is 6.84. The van der Waals surface area contributed by atoms with E-state index >= 15 is 0 Å². The highest BCUT2D eigenvalue weighted by molar-refractivity contribution is 7.00. The normalized spacial score (nSPS) is 11.7. The van der Waals surface area contributed by atoms with Crippen molar-refractivity contribution in [2.75, 3.05) is 9.80 Å². The van der Waals surface area contributed by atoms with Crippen LogP contribution in [0.1, 0.15) is 0 Å². The van der Waals surface area contributed by atoms with E-state index in [4.69, 9.17) is 4.42 Å². The van der Waals surface area contributed by atoms with E-state index in [2.05, 4.69) is 198 Å². The summed E-state index contributed by atoms with van der Waals surface area (Å²) in [5, 5.41) is 1.13. The molecule has 1 aliphatic rings. The predicted octanol–water partition coefficient (Wildman–Crippen LogP) is 9.87. The highest BCUT2D eigenvalue weighted by Gasteiger charge is 2.39. The maximum atomic E-state index is 6.84. The highest BCUT2D eigenvalue weighted by Crippen LogP contribution is 2.40. The Hall–Kier alpha value is -6.26. The quantitative estimate of drug-likeness (QED) is 0.167. The summed E-state index contributed by atoms with van der Waals surface area (Å²) >= 11 is 0. The first kappa shape index (κ1) is 28.0. The van der Waals surface area contributed by atoms with E-state index in [0.717, 1.165) is 56.4 Å². The molecule has 0 amide bonds. The van der Waals surface area contributed by atoms with Crippen LogP contribution in [-0.4, -0.2) is 6.71 Å². The van der Waals surface area contributed by atoms with Crippen molar-refractivity contribution in [3.63, 3.8) is 0 Å². The van der Waals surface area contributed by atoms with Crippen molar-refractivity contribution in [2.45, 2.75) is 0 Å². The standard InChI is InChI=1S/C44H31BN2O/c1-6-16-32(17-7-1)45-41-28-26-37(46(33-18-8-2-9-19-33)34-20-10-3-11-21-34)30-39(41)44-43(45)40-31-38(27-29-42(40)48-44)47(35-22-12-4-13-23-35)36-24-14-5-15-25-36/h1-31H. The number of nitrogens with zero attached hydrogens (tertiary/aromatic N) is 2. The molecule has 2 heterocycles. The van der Waals surface area contributed by atoms with Gasteiger partial charge in [0.1, 0.15) is 11.3 Å². The van der Waals surface area contributed by atoms with Crippen molar-refractivity contribution in [3.8, 4) is 11.3 Å². The lowest BCUT2D eigenvalue weighted by Gasteiger charge is -2.26. The molecule has 0 N–H and O–H groups in total. The molecule has 0 saturated heterocycles. The Balaban J connectivity index is 1.25. The van der Waals surface area contributed by atoms with Gasteiger partial charge in [-0.05, 0) is 84.3 Å². The van der Waals surface area contributed by atoms with Crippen LogP contribution in [0.2, 0.25) is 0 Å². The van der Waals surface area contributed by atoms with Crippen LogP contribution in [0.25, 0.3) is 22.3 Å². The third kappa shape index (κ3) is 4.78. The van der Waals surface area contributed by atoms with Crippen molar-refractivity contribution in [2.24, 2.45) is 0 Å². The van der Waals surface area contributed by atoms with Crippen LogP contribution in [0.5, 0.6) is 0 Å². The van der Waals surface area contributed by atoms with Crippen molar-refractivity contribution in [3.05, 3.63) is 188 Å². The average molecular weight is 615 g/mol. The predicted molar refractivity (Wildman–Crippen MR) is 202 cm³/mol. The van der Waals surface area contributed by atoms with Crippen LogP contribution in [0, 0.1) is 0 Å². The average Bonchev–Trinajstić information content (AvgIpc) is 3.68. The second-order valence-electron chi connectivity index (χ2n) is 12.2. The lowest BCUT2D eigenvalue weighted by molar-refractivity contribution is 0.635. The second-order valence-corrected chi connectivity index (χ2v) is 12.2. The highest BCUT2D eigenvalue weighted by atomic mass is 16.3. The Morgan fingerprint density at radius 1 is 0.396 bits per heavy atom. The van der Waals surface area contributed by atoms with Gasteiger partial charge in [-0.2, -0.15) is 0 Å². The van der Waals surface area contributed by atoms with Gasteiger partial charge >= 0.3 is 0 Å². The van der Waals surface area contributed by atoms with E-state index in [1.165, 1.54) is 16.4 Å². The van der Waals surface area contributed by atoms with Crippen LogP contribution in [0.3, 0.4) is 0 Å². The van der Waals surface area contributed by atoms with Crippen LogP contribution >= 0.6 is 0 Å². The van der Waals surface area contributed by atoms with E-state index in [1.54, 1.807) is 0 Å². The molecule has 0 aliphatic carbocycles. The zero-order valence-electron chi connectivity index (χ0n) is 26.3. The fraction of sp³-hybridized carbons (Fsp3) is 0. The van der Waals surface area contributed by atoms with Crippen LogP contribution in [0.4, 0.5) is 34.1 Å². The smallest absolute Gasteiger partial charge is 0.248 e. The molecule has 0 bridgehead atoms. The third-order valence-electron chi connectivity index (χ3n) is 9.30. The first-order chi connectivity index (χ1) is 23.8. The molecule has 8 aromatic rings. The monoisotopic (exact) mass is 614 g/mol. The molecule has 0 unspecified atom stereocenters. The summed E-state index contributed by atoms with van der Waals surface area (Å²) in [5.74, 6) is 0.944. The molecular formula is C44H31BN2O. The van der Waals surface area contributed by atoms with Crippen molar-refractivity contribution < 1.29 is 4.42 Å². The summed E-state index contributed by atoms with van der Waals surface area (Å²) in [4.78, 5) is 4.63. The molecule has 48 heavy (non-hydrogen) atoms. The van der Waals surface area contributed by atoms with Crippen LogP contribution < -0.4 is 26.2 Å². The number of hydrogen-bond acceptors (Lipinski definition) is 3. The van der Waals surface area contributed by atoms with Gasteiger partial charge < -0.3 is 14.2 Å². The van der Waals surface area contributed by atoms with E-state index in [-0.39, 0.29) is 6.71 Å². The molecule has 0 radical (unpaired) electrons. The molecule has 1 aliphatic heterocycles. The van der Waals surface area contributed by atoms with Crippen LogP contribution in [-0.2, 0) is 0 Å². The number of rotatable bonds is 7. The van der Waals surface area contributed by atoms with Gasteiger partial charge in [-0.15, -0.1) is 0 Å². The van der Waals surface area contributed by atoms with E-state index in [1.807, 2.05) is 0 Å². The minimum atomic E-state index is 0.0468. The summed E-state index contributed by atoms with van der Waals surface area (Å²) in [5.41, 5.74) is 12.4. The summed E-state index contributed by atoms with van der Waals surface area (Å²) in [7, 11) is 0. The van der Waals surface area contributed by atoms with Gasteiger partial charge in [0.15, 0.2) is 0 Å². The van der Waals surface area contributed by atoms with Crippen LogP contribution in [0.15, 0.2) is 192 Å². The third-order valence-corrected chi connectivity index (χ3v) is 9.30. The maximum absolute atomic E-state index is 6.84. The molecule has 226 valence electrons. The van der Waals surface area contributed by atoms with Crippen molar-refractivity contribution in [1.29, 1.82) is 0 Å². The van der Waals surface area contributed by atoms with Gasteiger partial charge in [0.05, 0.1) is 0 Å². The topological polar surface area (TPSA) is 19.6 Å². The molecule has 0 fully saturated rings. The first-order valence-electron chi connectivity index (χ1n) is 16.4. The zero-order valence-corrected chi connectivity index (χ0v) is 26.3.